The fraction of sp³-hybridized carbons (Fsp3) is 0.909. The Kier molecular flexibility index (Phi) is 2.30. The van der Waals surface area contributed by atoms with E-state index < -0.39 is 0 Å². The maximum absolute atomic E-state index is 11.9. The van der Waals surface area contributed by atoms with Gasteiger partial charge in [0.1, 0.15) is 0 Å². The third kappa shape index (κ3) is 1.44. The summed E-state index contributed by atoms with van der Waals surface area (Å²) >= 11 is 0. The Morgan fingerprint density at radius 1 is 1.50 bits per heavy atom. The van der Waals surface area contributed by atoms with E-state index in [1.807, 2.05) is 7.05 Å². The van der Waals surface area contributed by atoms with Crippen LogP contribution in [0.25, 0.3) is 0 Å². The van der Waals surface area contributed by atoms with Crippen LogP contribution in [0.3, 0.4) is 0 Å². The summed E-state index contributed by atoms with van der Waals surface area (Å²) < 4.78 is 0. The summed E-state index contributed by atoms with van der Waals surface area (Å²) in [6.07, 6.45) is 3.15. The Morgan fingerprint density at radius 2 is 2.14 bits per heavy atom. The number of hydrogen-bond acceptors (Lipinski definition) is 2. The van der Waals surface area contributed by atoms with Crippen LogP contribution in [-0.4, -0.2) is 36.0 Å². The molecule has 3 nitrogen and oxygen atoms in total. The van der Waals surface area contributed by atoms with Gasteiger partial charge in [-0.15, -0.1) is 0 Å². The van der Waals surface area contributed by atoms with E-state index >= 15 is 0 Å². The highest BCUT2D eigenvalue weighted by Gasteiger charge is 2.50. The topological polar surface area (TPSA) is 32.3 Å². The molecule has 0 spiro atoms. The molecular formula is C11H20N2O. The van der Waals surface area contributed by atoms with Gasteiger partial charge in [0.25, 0.3) is 0 Å². The van der Waals surface area contributed by atoms with Gasteiger partial charge in [-0.3, -0.25) is 4.79 Å². The second kappa shape index (κ2) is 3.23. The average molecular weight is 196 g/mol. The van der Waals surface area contributed by atoms with Crippen molar-refractivity contribution in [1.29, 1.82) is 0 Å². The molecular weight excluding hydrogens is 176 g/mol. The molecule has 0 aromatic carbocycles. The number of amides is 1. The summed E-state index contributed by atoms with van der Waals surface area (Å²) in [5, 5.41) is 3.19. The van der Waals surface area contributed by atoms with Gasteiger partial charge < -0.3 is 10.2 Å². The van der Waals surface area contributed by atoms with E-state index in [0.717, 1.165) is 13.0 Å². The summed E-state index contributed by atoms with van der Waals surface area (Å²) in [5.74, 6) is 0.832. The van der Waals surface area contributed by atoms with Gasteiger partial charge in [0.05, 0.1) is 0 Å². The number of likely N-dealkylation sites (tertiary alicyclic amines) is 1. The highest BCUT2D eigenvalue weighted by Crippen LogP contribution is 2.42. The molecule has 1 atom stereocenters. The van der Waals surface area contributed by atoms with Gasteiger partial charge in [0.15, 0.2) is 0 Å². The zero-order valence-corrected chi connectivity index (χ0v) is 9.34. The molecule has 1 heterocycles. The minimum atomic E-state index is 0.0568. The van der Waals surface area contributed by atoms with E-state index in [0.29, 0.717) is 17.9 Å². The monoisotopic (exact) mass is 196 g/mol. The minimum Gasteiger partial charge on any atom is -0.334 e. The Balaban J connectivity index is 2.14. The predicted molar refractivity (Wildman–Crippen MR) is 56.0 cm³/mol. The van der Waals surface area contributed by atoms with Gasteiger partial charge >= 0.3 is 0 Å². The molecule has 0 bridgehead atoms. The number of nitrogens with zero attached hydrogens (tertiary/aromatic N) is 1. The maximum Gasteiger partial charge on any atom is 0.223 e. The van der Waals surface area contributed by atoms with E-state index in [1.165, 1.54) is 12.8 Å². The molecule has 1 aliphatic carbocycles. The van der Waals surface area contributed by atoms with E-state index in [-0.39, 0.29) is 5.54 Å². The smallest absolute Gasteiger partial charge is 0.223 e. The predicted octanol–water partition coefficient (Wildman–Crippen LogP) is 0.995. The van der Waals surface area contributed by atoms with Crippen molar-refractivity contribution < 1.29 is 4.79 Å². The maximum atomic E-state index is 11.9. The van der Waals surface area contributed by atoms with Crippen molar-refractivity contribution in [3.8, 4) is 0 Å². The molecule has 1 amide bonds. The first-order chi connectivity index (χ1) is 6.57. The first-order valence-corrected chi connectivity index (χ1v) is 5.54. The molecule has 3 heteroatoms. The standard InChI is InChI=1S/C11H20N2O/c1-11(2)8(7-12-3)6-10(14)13(11)9-4-5-9/h8-9,12H,4-7H2,1-3H3. The van der Waals surface area contributed by atoms with Crippen LogP contribution in [-0.2, 0) is 4.79 Å². The molecule has 2 aliphatic rings. The van der Waals surface area contributed by atoms with Crippen molar-refractivity contribution in [2.24, 2.45) is 5.92 Å². The van der Waals surface area contributed by atoms with Gasteiger partial charge in [-0.05, 0) is 33.7 Å². The summed E-state index contributed by atoms with van der Waals surface area (Å²) in [4.78, 5) is 14.0. The molecule has 1 saturated carbocycles. The molecule has 1 saturated heterocycles. The van der Waals surface area contributed by atoms with Crippen LogP contribution in [0.5, 0.6) is 0 Å². The van der Waals surface area contributed by atoms with E-state index in [2.05, 4.69) is 24.1 Å². The van der Waals surface area contributed by atoms with Crippen molar-refractivity contribution in [1.82, 2.24) is 10.2 Å². The third-order valence-corrected chi connectivity index (χ3v) is 3.67. The number of carbonyl (C=O) groups excluding carboxylic acids is 1. The van der Waals surface area contributed by atoms with Crippen LogP contribution in [0.15, 0.2) is 0 Å². The lowest BCUT2D eigenvalue weighted by atomic mass is 9.88. The second-order valence-electron chi connectivity index (χ2n) is 5.11. The molecule has 2 fully saturated rings. The molecule has 2 rings (SSSR count). The van der Waals surface area contributed by atoms with Gasteiger partial charge in [-0.2, -0.15) is 0 Å². The van der Waals surface area contributed by atoms with Crippen molar-refractivity contribution in [2.45, 2.75) is 44.7 Å². The third-order valence-electron chi connectivity index (χ3n) is 3.67. The lowest BCUT2D eigenvalue weighted by Crippen LogP contribution is -2.47. The van der Waals surface area contributed by atoms with E-state index in [4.69, 9.17) is 0 Å². The zero-order valence-electron chi connectivity index (χ0n) is 9.34. The van der Waals surface area contributed by atoms with Crippen molar-refractivity contribution in [3.05, 3.63) is 0 Å². The van der Waals surface area contributed by atoms with Crippen LogP contribution in [0.2, 0.25) is 0 Å². The highest BCUT2D eigenvalue weighted by atomic mass is 16.2. The van der Waals surface area contributed by atoms with E-state index in [9.17, 15) is 4.79 Å². The lowest BCUT2D eigenvalue weighted by molar-refractivity contribution is -0.131. The Bertz CT molecular complexity index is 246. The Labute approximate surface area is 85.8 Å². The summed E-state index contributed by atoms with van der Waals surface area (Å²) in [5.41, 5.74) is 0.0568. The van der Waals surface area contributed by atoms with Crippen LogP contribution in [0, 0.1) is 5.92 Å². The minimum absolute atomic E-state index is 0.0568. The average Bonchev–Trinajstić information content (AvgIpc) is 2.84. The fourth-order valence-electron chi connectivity index (χ4n) is 2.65. The van der Waals surface area contributed by atoms with Crippen molar-refractivity contribution in [2.75, 3.05) is 13.6 Å². The van der Waals surface area contributed by atoms with Crippen LogP contribution < -0.4 is 5.32 Å². The summed E-state index contributed by atoms with van der Waals surface area (Å²) in [6.45, 7) is 5.36. The first kappa shape index (κ1) is 9.97. The van der Waals surface area contributed by atoms with Crippen LogP contribution >= 0.6 is 0 Å². The lowest BCUT2D eigenvalue weighted by Gasteiger charge is -2.36. The largest absolute Gasteiger partial charge is 0.334 e. The van der Waals surface area contributed by atoms with Crippen molar-refractivity contribution >= 4 is 5.91 Å². The normalized spacial score (nSPS) is 31.2. The van der Waals surface area contributed by atoms with Gasteiger partial charge in [-0.25, -0.2) is 0 Å². The van der Waals surface area contributed by atoms with Crippen LogP contribution in [0.1, 0.15) is 33.1 Å². The van der Waals surface area contributed by atoms with Gasteiger partial charge in [0, 0.05) is 30.5 Å². The molecule has 1 unspecified atom stereocenters. The molecule has 0 radical (unpaired) electrons. The molecule has 1 aliphatic heterocycles. The quantitative estimate of drug-likeness (QED) is 0.730. The zero-order chi connectivity index (χ0) is 10.3. The number of rotatable bonds is 3. The molecule has 1 N–H and O–H groups in total. The number of hydrogen-bond donors (Lipinski definition) is 1. The highest BCUT2D eigenvalue weighted by molar-refractivity contribution is 5.81. The Hall–Kier alpha value is -0.570. The van der Waals surface area contributed by atoms with Crippen LogP contribution in [0.4, 0.5) is 0 Å². The summed E-state index contributed by atoms with van der Waals surface area (Å²) in [7, 11) is 1.96. The number of carbonyl (C=O) groups is 1. The molecule has 0 aromatic rings. The molecule has 14 heavy (non-hydrogen) atoms. The SMILES string of the molecule is CNCC1CC(=O)N(C2CC2)C1(C)C. The molecule has 80 valence electrons. The number of nitrogens with one attached hydrogen (secondary N) is 1. The fourth-order valence-corrected chi connectivity index (χ4v) is 2.65. The van der Waals surface area contributed by atoms with Crippen molar-refractivity contribution in [3.63, 3.8) is 0 Å². The second-order valence-corrected chi connectivity index (χ2v) is 5.11. The first-order valence-electron chi connectivity index (χ1n) is 5.54. The van der Waals surface area contributed by atoms with Gasteiger partial charge in [0.2, 0.25) is 5.91 Å². The van der Waals surface area contributed by atoms with Gasteiger partial charge in [-0.1, -0.05) is 0 Å². The van der Waals surface area contributed by atoms with E-state index in [1.54, 1.807) is 0 Å². The Morgan fingerprint density at radius 3 is 2.64 bits per heavy atom. The summed E-state index contributed by atoms with van der Waals surface area (Å²) in [6, 6.07) is 0.555. The molecule has 0 aromatic heterocycles.